The number of amides is 1. The zero-order valence-corrected chi connectivity index (χ0v) is 19.1. The van der Waals surface area contributed by atoms with E-state index in [0.717, 1.165) is 31.6 Å². The van der Waals surface area contributed by atoms with Gasteiger partial charge in [0, 0.05) is 19.5 Å². The molecule has 170 valence electrons. The van der Waals surface area contributed by atoms with E-state index < -0.39 is 22.5 Å². The second-order valence-corrected chi connectivity index (χ2v) is 11.3. The molecular weight excluding hydrogens is 440 g/mol. The lowest BCUT2D eigenvalue weighted by atomic mass is 9.86. The molecule has 0 spiro atoms. The van der Waals surface area contributed by atoms with Crippen molar-refractivity contribution in [3.8, 4) is 0 Å². The molecule has 2 saturated carbocycles. The van der Waals surface area contributed by atoms with Crippen LogP contribution in [0, 0.1) is 17.8 Å². The molecule has 0 unspecified atom stereocenters. The van der Waals surface area contributed by atoms with Gasteiger partial charge in [0.1, 0.15) is 0 Å². The van der Waals surface area contributed by atoms with Crippen LogP contribution in [0.25, 0.3) is 0 Å². The molecule has 2 aliphatic carbocycles. The summed E-state index contributed by atoms with van der Waals surface area (Å²) in [6.07, 6.45) is 7.82. The smallest absolute Gasteiger partial charge is 0.306 e. The van der Waals surface area contributed by atoms with Crippen LogP contribution in [0.5, 0.6) is 0 Å². The summed E-state index contributed by atoms with van der Waals surface area (Å²) in [5, 5.41) is 2.79. The Morgan fingerprint density at radius 3 is 2.58 bits per heavy atom. The van der Waals surface area contributed by atoms with Gasteiger partial charge < -0.3 is 10.1 Å². The van der Waals surface area contributed by atoms with Gasteiger partial charge in [-0.1, -0.05) is 24.4 Å². The Kier molecular flexibility index (Phi) is 6.89. The molecule has 3 aliphatic rings. The van der Waals surface area contributed by atoms with Gasteiger partial charge in [0.2, 0.25) is 10.0 Å². The van der Waals surface area contributed by atoms with Crippen LogP contribution >= 0.6 is 11.6 Å². The van der Waals surface area contributed by atoms with Crippen molar-refractivity contribution < 1.29 is 22.7 Å². The first-order valence-electron chi connectivity index (χ1n) is 11.1. The number of fused-ring (bicyclic) bond motifs is 2. The SMILES string of the molecule is O=C(COC(=O)C[C@@H]1C[C@H]2CC[C@H]1C2)Nc1cc(S(=O)(=O)N2CCCCC2)ccc1Cl. The van der Waals surface area contributed by atoms with E-state index in [9.17, 15) is 18.0 Å². The van der Waals surface area contributed by atoms with Crippen LogP contribution < -0.4 is 5.32 Å². The normalized spacial score (nSPS) is 26.0. The zero-order chi connectivity index (χ0) is 22.0. The number of rotatable bonds is 7. The summed E-state index contributed by atoms with van der Waals surface area (Å²) < 4.78 is 32.4. The number of hydrogen-bond donors (Lipinski definition) is 1. The summed E-state index contributed by atoms with van der Waals surface area (Å²) >= 11 is 6.16. The lowest BCUT2D eigenvalue weighted by molar-refractivity contribution is -0.148. The molecule has 1 aromatic rings. The quantitative estimate of drug-likeness (QED) is 0.614. The third-order valence-electron chi connectivity index (χ3n) is 6.84. The van der Waals surface area contributed by atoms with Gasteiger partial charge in [0.25, 0.3) is 5.91 Å². The number of ether oxygens (including phenoxy) is 1. The van der Waals surface area contributed by atoms with Crippen LogP contribution in [0.3, 0.4) is 0 Å². The second-order valence-electron chi connectivity index (χ2n) is 8.95. The number of nitrogens with zero attached hydrogens (tertiary/aromatic N) is 1. The van der Waals surface area contributed by atoms with Crippen LogP contribution in [-0.2, 0) is 24.3 Å². The molecule has 31 heavy (non-hydrogen) atoms. The molecule has 1 aromatic carbocycles. The Morgan fingerprint density at radius 1 is 1.13 bits per heavy atom. The molecule has 0 aromatic heterocycles. The summed E-state index contributed by atoms with van der Waals surface area (Å²) in [5.41, 5.74) is 0.189. The minimum absolute atomic E-state index is 0.0855. The van der Waals surface area contributed by atoms with E-state index in [4.69, 9.17) is 16.3 Å². The van der Waals surface area contributed by atoms with E-state index in [1.807, 2.05) is 0 Å². The van der Waals surface area contributed by atoms with Gasteiger partial charge in [-0.2, -0.15) is 4.31 Å². The highest BCUT2D eigenvalue weighted by Gasteiger charge is 2.40. The average molecular weight is 469 g/mol. The molecule has 1 N–H and O–H groups in total. The highest BCUT2D eigenvalue weighted by molar-refractivity contribution is 7.89. The monoisotopic (exact) mass is 468 g/mol. The fourth-order valence-electron chi connectivity index (χ4n) is 5.25. The van der Waals surface area contributed by atoms with Gasteiger partial charge in [0.05, 0.1) is 15.6 Å². The third kappa shape index (κ3) is 5.23. The molecule has 3 fully saturated rings. The first kappa shape index (κ1) is 22.6. The fourth-order valence-corrected chi connectivity index (χ4v) is 6.96. The second kappa shape index (κ2) is 9.46. The maximum absolute atomic E-state index is 12.9. The van der Waals surface area contributed by atoms with Gasteiger partial charge in [0.15, 0.2) is 6.61 Å². The van der Waals surface area contributed by atoms with E-state index in [1.54, 1.807) is 0 Å². The van der Waals surface area contributed by atoms with Crippen LogP contribution in [-0.4, -0.2) is 44.3 Å². The largest absolute Gasteiger partial charge is 0.456 e. The van der Waals surface area contributed by atoms with Gasteiger partial charge in [-0.3, -0.25) is 9.59 Å². The number of sulfonamides is 1. The number of esters is 1. The summed E-state index contributed by atoms with van der Waals surface area (Å²) in [4.78, 5) is 24.5. The number of anilines is 1. The van der Waals surface area contributed by atoms with Crippen molar-refractivity contribution in [1.29, 1.82) is 0 Å². The van der Waals surface area contributed by atoms with Gasteiger partial charge in [-0.15, -0.1) is 0 Å². The highest BCUT2D eigenvalue weighted by atomic mass is 35.5. The molecule has 7 nitrogen and oxygen atoms in total. The summed E-state index contributed by atoms with van der Waals surface area (Å²) in [5.74, 6) is 0.841. The Bertz CT molecular complexity index is 945. The van der Waals surface area contributed by atoms with Gasteiger partial charge >= 0.3 is 5.97 Å². The maximum Gasteiger partial charge on any atom is 0.306 e. The minimum atomic E-state index is -3.64. The number of carbonyl (C=O) groups excluding carboxylic acids is 2. The van der Waals surface area contributed by atoms with Crippen molar-refractivity contribution in [3.63, 3.8) is 0 Å². The van der Waals surface area contributed by atoms with Gasteiger partial charge in [-0.25, -0.2) is 8.42 Å². The molecule has 2 bridgehead atoms. The lowest BCUT2D eigenvalue weighted by Gasteiger charge is -2.26. The van der Waals surface area contributed by atoms with E-state index in [0.29, 0.717) is 31.3 Å². The van der Waals surface area contributed by atoms with Crippen molar-refractivity contribution in [2.75, 3.05) is 25.0 Å². The predicted molar refractivity (Wildman–Crippen MR) is 117 cm³/mol. The molecule has 9 heteroatoms. The summed E-state index contributed by atoms with van der Waals surface area (Å²) in [6.45, 7) is 0.565. The third-order valence-corrected chi connectivity index (χ3v) is 9.07. The Balaban J connectivity index is 1.32. The predicted octanol–water partition coefficient (Wildman–Crippen LogP) is 3.82. The van der Waals surface area contributed by atoms with Crippen molar-refractivity contribution in [2.45, 2.75) is 56.3 Å². The molecule has 0 radical (unpaired) electrons. The lowest BCUT2D eigenvalue weighted by Crippen LogP contribution is -2.35. The number of carbonyl (C=O) groups is 2. The number of piperidine rings is 1. The van der Waals surface area contributed by atoms with Crippen LogP contribution in [0.4, 0.5) is 5.69 Å². The van der Waals surface area contributed by atoms with E-state index in [1.165, 1.54) is 41.8 Å². The number of halogens is 1. The first-order valence-corrected chi connectivity index (χ1v) is 12.9. The molecule has 3 atom stereocenters. The van der Waals surface area contributed by atoms with E-state index in [2.05, 4.69) is 5.32 Å². The molecule has 4 rings (SSSR count). The molecule has 1 amide bonds. The Labute approximate surface area is 188 Å². The zero-order valence-electron chi connectivity index (χ0n) is 17.5. The summed E-state index contributed by atoms with van der Waals surface area (Å²) in [6, 6.07) is 4.26. The van der Waals surface area contributed by atoms with Crippen LogP contribution in [0.1, 0.15) is 51.4 Å². The number of nitrogens with one attached hydrogen (secondary N) is 1. The molecule has 1 heterocycles. The minimum Gasteiger partial charge on any atom is -0.456 e. The Hall–Kier alpha value is -1.64. The Morgan fingerprint density at radius 2 is 1.90 bits per heavy atom. The van der Waals surface area contributed by atoms with Crippen LogP contribution in [0.15, 0.2) is 23.1 Å². The maximum atomic E-state index is 12.9. The standard InChI is InChI=1S/C22H29ClN2O5S/c23-19-7-6-18(31(28,29)25-8-2-1-3-9-25)13-20(19)24-21(26)14-30-22(27)12-17-11-15-4-5-16(17)10-15/h6-7,13,15-17H,1-5,8-12,14H2,(H,24,26)/t15-,16-,17-/m0/s1. The average Bonchev–Trinajstić information content (AvgIpc) is 3.37. The first-order chi connectivity index (χ1) is 14.8. The van der Waals surface area contributed by atoms with Gasteiger partial charge in [-0.05, 0) is 68.1 Å². The number of hydrogen-bond acceptors (Lipinski definition) is 5. The molecular formula is C22H29ClN2O5S. The summed E-state index contributed by atoms with van der Waals surface area (Å²) in [7, 11) is -3.64. The van der Waals surface area contributed by atoms with E-state index >= 15 is 0 Å². The van der Waals surface area contributed by atoms with Crippen molar-refractivity contribution in [1.82, 2.24) is 4.31 Å². The van der Waals surface area contributed by atoms with Crippen molar-refractivity contribution >= 4 is 39.2 Å². The van der Waals surface area contributed by atoms with Crippen molar-refractivity contribution in [3.05, 3.63) is 23.2 Å². The molecule has 1 aliphatic heterocycles. The molecule has 1 saturated heterocycles. The van der Waals surface area contributed by atoms with Crippen molar-refractivity contribution in [2.24, 2.45) is 17.8 Å². The topological polar surface area (TPSA) is 92.8 Å². The van der Waals surface area contributed by atoms with E-state index in [-0.39, 0.29) is 21.6 Å². The van der Waals surface area contributed by atoms with Crippen LogP contribution in [0.2, 0.25) is 5.02 Å². The number of benzene rings is 1. The fraction of sp³-hybridized carbons (Fsp3) is 0.636. The highest BCUT2D eigenvalue weighted by Crippen LogP contribution is 2.49.